The minimum Gasteiger partial charge on any atom is -0.493 e. The number of nitro benzene ring substituents is 1. The first-order chi connectivity index (χ1) is 22.2. The summed E-state index contributed by atoms with van der Waals surface area (Å²) in [6.45, 7) is 1.32. The maximum Gasteiger partial charge on any atom is 0.315 e. The van der Waals surface area contributed by atoms with E-state index >= 15 is 0 Å². The van der Waals surface area contributed by atoms with Crippen LogP contribution in [0.4, 0.5) is 11.4 Å². The second kappa shape index (κ2) is 12.5. The number of ether oxygens (including phenoxy) is 2. The van der Waals surface area contributed by atoms with E-state index < -0.39 is 28.7 Å². The molecule has 46 heavy (non-hydrogen) atoms. The number of fused-ring (bicyclic) bond motifs is 2. The maximum atomic E-state index is 13.6. The standard InChI is InChI=1S/C33H24ClN5O7/c1-19-7-3-5-9-24(19)36-30(40)18-45-31-26(39(42)43)13-20(14-28(31)44-2)17-35-38-32(37-25-10-6-4-8-23(25)33(38)41)29-16-21-15-22(34)11-12-27(21)46-29/h3-17H,18H2,1-2H3,(H,36,40). The van der Waals surface area contributed by atoms with Gasteiger partial charge in [0.05, 0.1) is 29.2 Å². The molecule has 1 N–H and O–H groups in total. The quantitative estimate of drug-likeness (QED) is 0.106. The van der Waals surface area contributed by atoms with E-state index in [-0.39, 0.29) is 28.6 Å². The lowest BCUT2D eigenvalue weighted by atomic mass is 10.2. The molecule has 0 saturated heterocycles. The van der Waals surface area contributed by atoms with E-state index in [1.54, 1.807) is 60.7 Å². The average molecular weight is 638 g/mol. The van der Waals surface area contributed by atoms with Crippen molar-refractivity contribution in [1.82, 2.24) is 9.66 Å². The van der Waals surface area contributed by atoms with E-state index in [4.69, 9.17) is 25.5 Å². The third-order valence-corrected chi connectivity index (χ3v) is 7.25. The van der Waals surface area contributed by atoms with E-state index in [1.165, 1.54) is 25.5 Å². The normalized spacial score (nSPS) is 11.3. The Balaban J connectivity index is 1.37. The topological polar surface area (TPSA) is 151 Å². The molecule has 0 aliphatic carbocycles. The van der Waals surface area contributed by atoms with Crippen molar-refractivity contribution in [2.45, 2.75) is 6.92 Å². The average Bonchev–Trinajstić information content (AvgIpc) is 3.47. The smallest absolute Gasteiger partial charge is 0.315 e. The summed E-state index contributed by atoms with van der Waals surface area (Å²) in [7, 11) is 1.31. The van der Waals surface area contributed by atoms with Crippen LogP contribution in [-0.2, 0) is 4.79 Å². The summed E-state index contributed by atoms with van der Waals surface area (Å²) in [6.07, 6.45) is 1.26. The largest absolute Gasteiger partial charge is 0.493 e. The summed E-state index contributed by atoms with van der Waals surface area (Å²) in [6, 6.07) is 23.4. The van der Waals surface area contributed by atoms with Crippen LogP contribution in [0.3, 0.4) is 0 Å². The highest BCUT2D eigenvalue weighted by Gasteiger charge is 2.24. The Labute approximate surface area is 265 Å². The molecule has 1 amide bonds. The molecule has 0 fully saturated rings. The fraction of sp³-hybridized carbons (Fsp3) is 0.0909. The van der Waals surface area contributed by atoms with Crippen LogP contribution < -0.4 is 20.3 Å². The van der Waals surface area contributed by atoms with Crippen LogP contribution in [0.25, 0.3) is 33.5 Å². The summed E-state index contributed by atoms with van der Waals surface area (Å²) in [4.78, 5) is 42.3. The van der Waals surface area contributed by atoms with E-state index in [1.807, 2.05) is 19.1 Å². The number of hydrogen-bond acceptors (Lipinski definition) is 9. The Morgan fingerprint density at radius 2 is 1.89 bits per heavy atom. The first kappa shape index (κ1) is 30.0. The molecule has 0 aliphatic heterocycles. The Kier molecular flexibility index (Phi) is 8.19. The molecule has 12 nitrogen and oxygen atoms in total. The van der Waals surface area contributed by atoms with E-state index in [0.29, 0.717) is 32.6 Å². The lowest BCUT2D eigenvalue weighted by molar-refractivity contribution is -0.385. The Hall–Kier alpha value is -6.01. The molecule has 6 aromatic rings. The zero-order valence-corrected chi connectivity index (χ0v) is 25.1. The van der Waals surface area contributed by atoms with E-state index in [2.05, 4.69) is 15.4 Å². The Bertz CT molecular complexity index is 2240. The van der Waals surface area contributed by atoms with Crippen molar-refractivity contribution in [1.29, 1.82) is 0 Å². The number of furan rings is 1. The second-order valence-corrected chi connectivity index (χ2v) is 10.5. The van der Waals surface area contributed by atoms with Crippen molar-refractivity contribution in [2.24, 2.45) is 5.10 Å². The van der Waals surface area contributed by atoms with Crippen LogP contribution in [0.2, 0.25) is 5.02 Å². The number of benzene rings is 4. The highest BCUT2D eigenvalue weighted by atomic mass is 35.5. The maximum absolute atomic E-state index is 13.6. The SMILES string of the molecule is COc1cc(C=Nn2c(-c3cc4cc(Cl)ccc4o3)nc3ccccc3c2=O)cc([N+](=O)[O-])c1OCC(=O)Nc1ccccc1C. The van der Waals surface area contributed by atoms with E-state index in [0.717, 1.165) is 10.2 Å². The summed E-state index contributed by atoms with van der Waals surface area (Å²) >= 11 is 6.15. The number of aryl methyl sites for hydroxylation is 1. The summed E-state index contributed by atoms with van der Waals surface area (Å²) in [5, 5.41) is 20.7. The fourth-order valence-electron chi connectivity index (χ4n) is 4.79. The van der Waals surface area contributed by atoms with Crippen molar-refractivity contribution in [3.8, 4) is 23.1 Å². The molecule has 230 valence electrons. The van der Waals surface area contributed by atoms with Gasteiger partial charge in [-0.2, -0.15) is 9.78 Å². The van der Waals surface area contributed by atoms with E-state index in [9.17, 15) is 19.7 Å². The zero-order chi connectivity index (χ0) is 32.4. The molecular weight excluding hydrogens is 614 g/mol. The van der Waals surface area contributed by atoms with Crippen LogP contribution in [0, 0.1) is 17.0 Å². The lowest BCUT2D eigenvalue weighted by Crippen LogP contribution is -2.21. The molecule has 2 heterocycles. The van der Waals surface area contributed by atoms with Gasteiger partial charge in [0.1, 0.15) is 5.58 Å². The van der Waals surface area contributed by atoms with Crippen molar-refractivity contribution < 1.29 is 23.6 Å². The van der Waals surface area contributed by atoms with Crippen molar-refractivity contribution in [3.63, 3.8) is 0 Å². The lowest BCUT2D eigenvalue weighted by Gasteiger charge is -2.13. The molecule has 0 unspecified atom stereocenters. The summed E-state index contributed by atoms with van der Waals surface area (Å²) in [5.74, 6) is -0.407. The third-order valence-electron chi connectivity index (χ3n) is 7.02. The fourth-order valence-corrected chi connectivity index (χ4v) is 4.97. The minimum atomic E-state index is -0.664. The van der Waals surface area contributed by atoms with Gasteiger partial charge in [0, 0.05) is 27.7 Å². The monoisotopic (exact) mass is 637 g/mol. The van der Waals surface area contributed by atoms with Gasteiger partial charge >= 0.3 is 5.69 Å². The number of methoxy groups -OCH3 is 1. The van der Waals surface area contributed by atoms with Crippen molar-refractivity contribution in [2.75, 3.05) is 19.0 Å². The third kappa shape index (κ3) is 6.01. The second-order valence-electron chi connectivity index (χ2n) is 10.1. The molecule has 6 rings (SSSR count). The molecule has 4 aromatic carbocycles. The van der Waals surface area contributed by atoms with Gasteiger partial charge in [-0.15, -0.1) is 0 Å². The van der Waals surface area contributed by atoms with Gasteiger partial charge in [-0.1, -0.05) is 41.9 Å². The van der Waals surface area contributed by atoms with Gasteiger partial charge in [0.2, 0.25) is 11.6 Å². The predicted molar refractivity (Wildman–Crippen MR) is 174 cm³/mol. The number of nitrogens with zero attached hydrogens (tertiary/aromatic N) is 4. The molecule has 0 atom stereocenters. The Morgan fingerprint density at radius 1 is 1.11 bits per heavy atom. The number of halogens is 1. The molecule has 0 spiro atoms. The molecule has 0 saturated carbocycles. The number of rotatable bonds is 9. The number of amides is 1. The number of nitrogens with one attached hydrogen (secondary N) is 1. The number of para-hydroxylation sites is 2. The number of hydrogen-bond donors (Lipinski definition) is 1. The van der Waals surface area contributed by atoms with Gasteiger partial charge in [-0.3, -0.25) is 19.7 Å². The number of carbonyl (C=O) groups is 1. The van der Waals surface area contributed by atoms with Crippen molar-refractivity contribution in [3.05, 3.63) is 122 Å². The van der Waals surface area contributed by atoms with Crippen LogP contribution in [0.5, 0.6) is 11.5 Å². The van der Waals surface area contributed by atoms with Gasteiger partial charge < -0.3 is 19.2 Å². The van der Waals surface area contributed by atoms with Crippen LogP contribution in [-0.4, -0.2) is 40.4 Å². The first-order valence-electron chi connectivity index (χ1n) is 13.8. The van der Waals surface area contributed by atoms with Gasteiger partial charge in [-0.25, -0.2) is 4.98 Å². The first-order valence-corrected chi connectivity index (χ1v) is 14.2. The molecule has 0 aliphatic rings. The minimum absolute atomic E-state index is 0.0160. The van der Waals surface area contributed by atoms with Gasteiger partial charge in [0.15, 0.2) is 18.1 Å². The van der Waals surface area contributed by atoms with Gasteiger partial charge in [-0.05, 0) is 61.0 Å². The molecule has 0 radical (unpaired) electrons. The molecule has 13 heteroatoms. The predicted octanol–water partition coefficient (Wildman–Crippen LogP) is 6.59. The number of nitro groups is 1. The molecule has 2 aromatic heterocycles. The highest BCUT2D eigenvalue weighted by molar-refractivity contribution is 6.31. The molecular formula is C33H24ClN5O7. The van der Waals surface area contributed by atoms with Crippen LogP contribution in [0.1, 0.15) is 11.1 Å². The van der Waals surface area contributed by atoms with Crippen LogP contribution in [0.15, 0.2) is 99.2 Å². The van der Waals surface area contributed by atoms with Crippen LogP contribution >= 0.6 is 11.6 Å². The number of anilines is 1. The molecule has 0 bridgehead atoms. The zero-order valence-electron chi connectivity index (χ0n) is 24.4. The van der Waals surface area contributed by atoms with Gasteiger partial charge in [0.25, 0.3) is 11.5 Å². The number of carbonyl (C=O) groups excluding carboxylic acids is 1. The Morgan fingerprint density at radius 3 is 2.67 bits per heavy atom. The highest BCUT2D eigenvalue weighted by Crippen LogP contribution is 2.38. The summed E-state index contributed by atoms with van der Waals surface area (Å²) < 4.78 is 18.0. The summed E-state index contributed by atoms with van der Waals surface area (Å²) in [5.41, 5.74) is 1.64. The van der Waals surface area contributed by atoms with Crippen molar-refractivity contribution >= 4 is 57.0 Å². The number of aromatic nitrogens is 2.